The van der Waals surface area contributed by atoms with Gasteiger partial charge in [-0.1, -0.05) is 117 Å². The quantitative estimate of drug-likeness (QED) is 0.301. The molecule has 0 spiro atoms. The summed E-state index contributed by atoms with van der Waals surface area (Å²) in [7, 11) is -1.79. The van der Waals surface area contributed by atoms with E-state index in [2.05, 4.69) is 117 Å². The summed E-state index contributed by atoms with van der Waals surface area (Å²) in [5, 5.41) is 0. The van der Waals surface area contributed by atoms with E-state index in [-0.39, 0.29) is 35.2 Å². The molecular weight excluding hydrogens is 621 g/mol. The van der Waals surface area contributed by atoms with Gasteiger partial charge in [-0.05, 0) is 105 Å². The Labute approximate surface area is 298 Å². The largest absolute Gasteiger partial charge is 0.349 e. The van der Waals surface area contributed by atoms with Crippen molar-refractivity contribution in [1.82, 2.24) is 0 Å². The van der Waals surface area contributed by atoms with Crippen LogP contribution in [0.15, 0.2) is 48.5 Å². The van der Waals surface area contributed by atoms with Gasteiger partial charge in [0, 0.05) is 11.8 Å². The lowest BCUT2D eigenvalue weighted by molar-refractivity contribution is 0.0258. The number of benzene rings is 2. The van der Waals surface area contributed by atoms with Crippen LogP contribution in [-0.4, -0.2) is 46.1 Å². The number of fused-ring (bicyclic) bond motifs is 4. The fourth-order valence-corrected chi connectivity index (χ4v) is 20.0. The van der Waals surface area contributed by atoms with E-state index < -0.39 is 8.07 Å². The van der Waals surface area contributed by atoms with E-state index in [4.69, 9.17) is 18.9 Å². The molecule has 2 heterocycles. The van der Waals surface area contributed by atoms with Crippen molar-refractivity contribution in [3.8, 4) is 0 Å². The molecule has 5 heteroatoms. The standard InChI is InChI=1S/C44H64O4Si/c1-25-19-31-33(21-35-39(47-23-45-35)37(31)27-11-15-29(16-12-27)43(3,4)5)41(25)49(9,10)42-26(2)20-32-34(42)22-36-40(48-24-46-36)38(32)28-13-17-30(18-14-28)44(6,7)8/h11-18,25-26,31-42H,19-24H2,1-10H3. The Morgan fingerprint density at radius 1 is 0.510 bits per heavy atom. The monoisotopic (exact) mass is 684 g/mol. The summed E-state index contributed by atoms with van der Waals surface area (Å²) in [6.45, 7) is 25.7. The third-order valence-electron chi connectivity index (χ3n) is 15.0. The smallest absolute Gasteiger partial charge is 0.147 e. The lowest BCUT2D eigenvalue weighted by Crippen LogP contribution is -2.51. The zero-order chi connectivity index (χ0) is 34.6. The van der Waals surface area contributed by atoms with Gasteiger partial charge >= 0.3 is 0 Å². The van der Waals surface area contributed by atoms with Crippen molar-refractivity contribution in [2.75, 3.05) is 13.6 Å². The average molecular weight is 685 g/mol. The maximum absolute atomic E-state index is 6.46. The molecule has 6 fully saturated rings. The summed E-state index contributed by atoms with van der Waals surface area (Å²) < 4.78 is 25.8. The maximum atomic E-state index is 6.46. The molecule has 0 radical (unpaired) electrons. The van der Waals surface area contributed by atoms with Crippen molar-refractivity contribution in [2.24, 2.45) is 35.5 Å². The first-order valence-electron chi connectivity index (χ1n) is 19.8. The molecule has 14 atom stereocenters. The summed E-state index contributed by atoms with van der Waals surface area (Å²) in [5.74, 6) is 5.07. The van der Waals surface area contributed by atoms with Crippen molar-refractivity contribution in [3.05, 3.63) is 70.8 Å². The first kappa shape index (κ1) is 34.6. The number of rotatable bonds is 4. The Balaban J connectivity index is 1.11. The molecule has 268 valence electrons. The van der Waals surface area contributed by atoms with Crippen LogP contribution in [0, 0.1) is 35.5 Å². The van der Waals surface area contributed by atoms with Crippen LogP contribution in [-0.2, 0) is 29.8 Å². The molecule has 49 heavy (non-hydrogen) atoms. The third-order valence-corrected chi connectivity index (χ3v) is 20.5. The highest BCUT2D eigenvalue weighted by molar-refractivity contribution is 6.80. The van der Waals surface area contributed by atoms with Gasteiger partial charge < -0.3 is 18.9 Å². The number of hydrogen-bond donors (Lipinski definition) is 0. The summed E-state index contributed by atoms with van der Waals surface area (Å²) in [6, 6.07) is 19.3. The SMILES string of the molecule is CC1CC2C(CC3OCOC3C2c2ccc(C(C)(C)C)cc2)C1[Si](C)(C)C1C(C)CC2C1CC1OCOC1C2c1ccc(C(C)(C)C)cc1. The van der Waals surface area contributed by atoms with Gasteiger partial charge in [0.05, 0.1) is 32.5 Å². The minimum atomic E-state index is -1.79. The van der Waals surface area contributed by atoms with Gasteiger partial charge in [-0.2, -0.15) is 0 Å². The Hall–Kier alpha value is -1.50. The van der Waals surface area contributed by atoms with E-state index in [9.17, 15) is 0 Å². The Kier molecular flexibility index (Phi) is 8.67. The summed E-state index contributed by atoms with van der Waals surface area (Å²) in [4.78, 5) is 0. The van der Waals surface area contributed by atoms with Gasteiger partial charge in [0.2, 0.25) is 0 Å². The molecule has 0 amide bonds. The van der Waals surface area contributed by atoms with E-state index in [1.807, 2.05) is 0 Å². The zero-order valence-corrected chi connectivity index (χ0v) is 33.1. The normalized spacial score (nSPS) is 42.1. The van der Waals surface area contributed by atoms with Gasteiger partial charge in [0.15, 0.2) is 0 Å². The highest BCUT2D eigenvalue weighted by Crippen LogP contribution is 2.68. The number of ether oxygens (including phenoxy) is 4. The number of hydrogen-bond acceptors (Lipinski definition) is 4. The van der Waals surface area contributed by atoms with Crippen molar-refractivity contribution < 1.29 is 18.9 Å². The van der Waals surface area contributed by atoms with Crippen LogP contribution in [0.25, 0.3) is 0 Å². The molecule has 2 saturated heterocycles. The molecule has 8 rings (SSSR count). The lowest BCUT2D eigenvalue weighted by Gasteiger charge is -2.50. The molecule has 4 nitrogen and oxygen atoms in total. The van der Waals surface area contributed by atoms with Crippen LogP contribution < -0.4 is 0 Å². The second-order valence-electron chi connectivity index (χ2n) is 20.1. The molecule has 0 N–H and O–H groups in total. The van der Waals surface area contributed by atoms with Crippen LogP contribution >= 0.6 is 0 Å². The second kappa shape index (κ2) is 12.3. The predicted octanol–water partition coefficient (Wildman–Crippen LogP) is 10.4. The minimum absolute atomic E-state index is 0.158. The first-order valence-corrected chi connectivity index (χ1v) is 23.0. The van der Waals surface area contributed by atoms with Crippen molar-refractivity contribution in [2.45, 2.75) is 152 Å². The first-order chi connectivity index (χ1) is 23.1. The van der Waals surface area contributed by atoms with E-state index in [1.165, 1.54) is 47.9 Å². The van der Waals surface area contributed by atoms with Crippen LogP contribution in [0.3, 0.4) is 0 Å². The van der Waals surface area contributed by atoms with E-state index >= 15 is 0 Å². The van der Waals surface area contributed by atoms with Gasteiger partial charge in [-0.3, -0.25) is 0 Å². The average Bonchev–Trinajstić information content (AvgIpc) is 3.82. The molecule has 0 aromatic heterocycles. The fraction of sp³-hybridized carbons (Fsp3) is 0.727. The molecule has 2 aliphatic heterocycles. The van der Waals surface area contributed by atoms with E-state index in [1.54, 1.807) is 0 Å². The summed E-state index contributed by atoms with van der Waals surface area (Å²) in [6.07, 6.45) is 5.82. The highest BCUT2D eigenvalue weighted by Gasteiger charge is 2.64. The molecule has 2 aromatic carbocycles. The molecule has 6 aliphatic rings. The van der Waals surface area contributed by atoms with Gasteiger partial charge in [0.25, 0.3) is 0 Å². The van der Waals surface area contributed by atoms with Crippen LogP contribution in [0.5, 0.6) is 0 Å². The Bertz CT molecular complexity index is 1380. The molecule has 4 saturated carbocycles. The van der Waals surface area contributed by atoms with Crippen LogP contribution in [0.1, 0.15) is 115 Å². The Morgan fingerprint density at radius 3 is 1.22 bits per heavy atom. The highest BCUT2D eigenvalue weighted by atomic mass is 28.3. The Morgan fingerprint density at radius 2 is 0.878 bits per heavy atom. The third kappa shape index (κ3) is 5.75. The van der Waals surface area contributed by atoms with Crippen LogP contribution in [0.2, 0.25) is 24.2 Å². The van der Waals surface area contributed by atoms with Gasteiger partial charge in [-0.15, -0.1) is 0 Å². The van der Waals surface area contributed by atoms with Gasteiger partial charge in [0.1, 0.15) is 13.6 Å². The van der Waals surface area contributed by atoms with Crippen molar-refractivity contribution in [1.29, 1.82) is 0 Å². The van der Waals surface area contributed by atoms with Crippen molar-refractivity contribution >= 4 is 8.07 Å². The fourth-order valence-electron chi connectivity index (χ4n) is 13.3. The zero-order valence-electron chi connectivity index (χ0n) is 32.1. The van der Waals surface area contributed by atoms with Gasteiger partial charge in [-0.25, -0.2) is 0 Å². The lowest BCUT2D eigenvalue weighted by atomic mass is 9.67. The molecule has 2 aromatic rings. The predicted molar refractivity (Wildman–Crippen MR) is 201 cm³/mol. The molecule has 4 aliphatic carbocycles. The summed E-state index contributed by atoms with van der Waals surface area (Å²) >= 11 is 0. The van der Waals surface area contributed by atoms with Crippen molar-refractivity contribution in [3.63, 3.8) is 0 Å². The summed E-state index contributed by atoms with van der Waals surface area (Å²) in [5.41, 5.74) is 7.69. The van der Waals surface area contributed by atoms with E-state index in [0.29, 0.717) is 49.1 Å². The molecule has 0 bridgehead atoms. The molecule has 14 unspecified atom stereocenters. The maximum Gasteiger partial charge on any atom is 0.147 e. The van der Waals surface area contributed by atoms with E-state index in [0.717, 1.165) is 22.9 Å². The topological polar surface area (TPSA) is 36.9 Å². The van der Waals surface area contributed by atoms with Crippen LogP contribution in [0.4, 0.5) is 0 Å². The minimum Gasteiger partial charge on any atom is -0.349 e. The second-order valence-corrected chi connectivity index (χ2v) is 25.1. The molecular formula is C44H64O4Si.